The molecule has 0 saturated heterocycles. The number of hydrogen-bond acceptors (Lipinski definition) is 2. The molecule has 0 saturated carbocycles. The molecule has 4 heteroatoms. The number of pyridine rings is 1. The zero-order valence-corrected chi connectivity index (χ0v) is 10.9. The van der Waals surface area contributed by atoms with Crippen LogP contribution in [-0.4, -0.2) is 23.3 Å². The van der Waals surface area contributed by atoms with Crippen LogP contribution in [0.3, 0.4) is 0 Å². The summed E-state index contributed by atoms with van der Waals surface area (Å²) in [6.45, 7) is 2.83. The molecule has 0 fully saturated rings. The third kappa shape index (κ3) is 5.18. The Bertz CT molecular complexity index is 323. The Hall–Kier alpha value is -1.09. The average molecular weight is 255 g/mol. The van der Waals surface area contributed by atoms with E-state index in [4.69, 9.17) is 11.6 Å². The Balaban J connectivity index is 2.41. The van der Waals surface area contributed by atoms with Crippen molar-refractivity contribution in [2.75, 3.05) is 12.4 Å². The lowest BCUT2D eigenvalue weighted by atomic mass is 10.0. The van der Waals surface area contributed by atoms with Crippen molar-refractivity contribution in [3.8, 4) is 0 Å². The number of rotatable bonds is 7. The van der Waals surface area contributed by atoms with Gasteiger partial charge in [0.15, 0.2) is 0 Å². The van der Waals surface area contributed by atoms with Gasteiger partial charge in [0.1, 0.15) is 0 Å². The molecule has 0 aliphatic heterocycles. The second-order valence-electron chi connectivity index (χ2n) is 4.08. The number of nitrogens with one attached hydrogen (secondary N) is 1. The standard InChI is InChI=1S/C13H19ClN2O/c1-2-4-11(6-7-14)9-16-13(17)12-5-3-8-15-10-12/h3,5,8,10-11H,2,4,6-7,9H2,1H3,(H,16,17). The van der Waals surface area contributed by atoms with Crippen molar-refractivity contribution >= 4 is 17.5 Å². The van der Waals surface area contributed by atoms with E-state index in [0.717, 1.165) is 19.3 Å². The zero-order valence-electron chi connectivity index (χ0n) is 10.2. The molecule has 1 aromatic rings. The first-order chi connectivity index (χ1) is 8.27. The second kappa shape index (κ2) is 8.07. The maximum atomic E-state index is 11.8. The fourth-order valence-electron chi connectivity index (χ4n) is 1.75. The van der Waals surface area contributed by atoms with Crippen molar-refractivity contribution in [2.24, 2.45) is 5.92 Å². The molecule has 1 rings (SSSR count). The highest BCUT2D eigenvalue weighted by molar-refractivity contribution is 6.17. The van der Waals surface area contributed by atoms with Gasteiger partial charge in [-0.05, 0) is 30.9 Å². The van der Waals surface area contributed by atoms with Crippen molar-refractivity contribution < 1.29 is 4.79 Å². The summed E-state index contributed by atoms with van der Waals surface area (Å²) in [6, 6.07) is 3.52. The minimum absolute atomic E-state index is 0.0613. The smallest absolute Gasteiger partial charge is 0.252 e. The number of hydrogen-bond donors (Lipinski definition) is 1. The maximum Gasteiger partial charge on any atom is 0.252 e. The Kier molecular flexibility index (Phi) is 6.63. The van der Waals surface area contributed by atoms with Crippen LogP contribution in [0.4, 0.5) is 0 Å². The van der Waals surface area contributed by atoms with E-state index >= 15 is 0 Å². The molecule has 0 spiro atoms. The maximum absolute atomic E-state index is 11.8. The van der Waals surface area contributed by atoms with Crippen LogP contribution in [0.1, 0.15) is 36.5 Å². The van der Waals surface area contributed by atoms with Gasteiger partial charge in [0.25, 0.3) is 5.91 Å². The van der Waals surface area contributed by atoms with Gasteiger partial charge in [0, 0.05) is 24.8 Å². The molecule has 1 atom stereocenters. The molecule has 0 aliphatic rings. The predicted molar refractivity (Wildman–Crippen MR) is 70.3 cm³/mol. The first kappa shape index (κ1) is 14.0. The van der Waals surface area contributed by atoms with Crippen LogP contribution in [0.15, 0.2) is 24.5 Å². The monoisotopic (exact) mass is 254 g/mol. The minimum atomic E-state index is -0.0613. The Morgan fingerprint density at radius 1 is 1.53 bits per heavy atom. The fraction of sp³-hybridized carbons (Fsp3) is 0.538. The van der Waals surface area contributed by atoms with Gasteiger partial charge in [0.2, 0.25) is 0 Å². The van der Waals surface area contributed by atoms with Gasteiger partial charge in [-0.15, -0.1) is 11.6 Å². The minimum Gasteiger partial charge on any atom is -0.352 e. The summed E-state index contributed by atoms with van der Waals surface area (Å²) in [5.41, 5.74) is 0.605. The number of alkyl halides is 1. The van der Waals surface area contributed by atoms with Crippen LogP contribution >= 0.6 is 11.6 Å². The summed E-state index contributed by atoms with van der Waals surface area (Å²) < 4.78 is 0. The van der Waals surface area contributed by atoms with E-state index in [0.29, 0.717) is 23.9 Å². The summed E-state index contributed by atoms with van der Waals surface area (Å²) in [6.07, 6.45) is 6.39. The number of carbonyl (C=O) groups is 1. The highest BCUT2D eigenvalue weighted by atomic mass is 35.5. The molecule has 17 heavy (non-hydrogen) atoms. The molecular formula is C13H19ClN2O. The van der Waals surface area contributed by atoms with Crippen LogP contribution in [0, 0.1) is 5.92 Å². The Morgan fingerprint density at radius 3 is 2.94 bits per heavy atom. The van der Waals surface area contributed by atoms with Gasteiger partial charge in [0.05, 0.1) is 5.56 Å². The van der Waals surface area contributed by atoms with Crippen LogP contribution < -0.4 is 5.32 Å². The van der Waals surface area contributed by atoms with Gasteiger partial charge < -0.3 is 5.32 Å². The van der Waals surface area contributed by atoms with E-state index in [2.05, 4.69) is 17.2 Å². The Morgan fingerprint density at radius 2 is 2.35 bits per heavy atom. The van der Waals surface area contributed by atoms with Gasteiger partial charge in [-0.2, -0.15) is 0 Å². The molecule has 0 bridgehead atoms. The van der Waals surface area contributed by atoms with E-state index in [9.17, 15) is 4.79 Å². The molecule has 0 radical (unpaired) electrons. The van der Waals surface area contributed by atoms with Crippen LogP contribution in [-0.2, 0) is 0 Å². The summed E-state index contributed by atoms with van der Waals surface area (Å²) in [5, 5.41) is 2.93. The molecule has 1 N–H and O–H groups in total. The van der Waals surface area contributed by atoms with Crippen LogP contribution in [0.5, 0.6) is 0 Å². The van der Waals surface area contributed by atoms with E-state index in [1.54, 1.807) is 24.5 Å². The van der Waals surface area contributed by atoms with Gasteiger partial charge in [-0.3, -0.25) is 9.78 Å². The second-order valence-corrected chi connectivity index (χ2v) is 4.46. The molecule has 1 amide bonds. The van der Waals surface area contributed by atoms with E-state index in [1.807, 2.05) is 0 Å². The van der Waals surface area contributed by atoms with Crippen molar-refractivity contribution in [2.45, 2.75) is 26.2 Å². The number of amides is 1. The van der Waals surface area contributed by atoms with Crippen LogP contribution in [0.2, 0.25) is 0 Å². The molecular weight excluding hydrogens is 236 g/mol. The van der Waals surface area contributed by atoms with Crippen molar-refractivity contribution in [3.05, 3.63) is 30.1 Å². The number of aromatic nitrogens is 1. The summed E-state index contributed by atoms with van der Waals surface area (Å²) in [7, 11) is 0. The summed E-state index contributed by atoms with van der Waals surface area (Å²) in [4.78, 5) is 15.7. The lowest BCUT2D eigenvalue weighted by Gasteiger charge is -2.15. The molecule has 0 aromatic carbocycles. The quantitative estimate of drug-likeness (QED) is 0.761. The Labute approximate surface area is 108 Å². The normalized spacial score (nSPS) is 12.1. The van der Waals surface area contributed by atoms with Gasteiger partial charge in [-0.1, -0.05) is 13.3 Å². The summed E-state index contributed by atoms with van der Waals surface area (Å²) in [5.74, 6) is 1.06. The molecule has 3 nitrogen and oxygen atoms in total. The SMILES string of the molecule is CCCC(CCCl)CNC(=O)c1cccnc1. The average Bonchev–Trinajstić information content (AvgIpc) is 2.37. The highest BCUT2D eigenvalue weighted by Gasteiger charge is 2.10. The fourth-order valence-corrected chi connectivity index (χ4v) is 2.06. The molecule has 0 aliphatic carbocycles. The van der Waals surface area contributed by atoms with E-state index in [-0.39, 0.29) is 5.91 Å². The first-order valence-electron chi connectivity index (χ1n) is 6.02. The number of halogens is 1. The molecule has 1 heterocycles. The topological polar surface area (TPSA) is 42.0 Å². The third-order valence-corrected chi connectivity index (χ3v) is 2.91. The molecule has 1 unspecified atom stereocenters. The van der Waals surface area contributed by atoms with Gasteiger partial charge >= 0.3 is 0 Å². The molecule has 1 aromatic heterocycles. The van der Waals surface area contributed by atoms with Crippen molar-refractivity contribution in [1.82, 2.24) is 10.3 Å². The van der Waals surface area contributed by atoms with Crippen molar-refractivity contribution in [1.29, 1.82) is 0 Å². The van der Waals surface area contributed by atoms with E-state index in [1.165, 1.54) is 0 Å². The van der Waals surface area contributed by atoms with Crippen molar-refractivity contribution in [3.63, 3.8) is 0 Å². The number of nitrogens with zero attached hydrogens (tertiary/aromatic N) is 1. The lowest BCUT2D eigenvalue weighted by Crippen LogP contribution is -2.29. The lowest BCUT2D eigenvalue weighted by molar-refractivity contribution is 0.0945. The summed E-state index contributed by atoms with van der Waals surface area (Å²) >= 11 is 5.74. The number of carbonyl (C=O) groups excluding carboxylic acids is 1. The third-order valence-electron chi connectivity index (χ3n) is 2.69. The van der Waals surface area contributed by atoms with Crippen LogP contribution in [0.25, 0.3) is 0 Å². The first-order valence-corrected chi connectivity index (χ1v) is 6.55. The zero-order chi connectivity index (χ0) is 12.5. The largest absolute Gasteiger partial charge is 0.352 e. The van der Waals surface area contributed by atoms with Gasteiger partial charge in [-0.25, -0.2) is 0 Å². The molecule has 94 valence electrons. The predicted octanol–water partition coefficient (Wildman–Crippen LogP) is 2.86. The van der Waals surface area contributed by atoms with E-state index < -0.39 is 0 Å². The highest BCUT2D eigenvalue weighted by Crippen LogP contribution is 2.11.